The molecule has 0 bridgehead atoms. The number of hydrogen-bond acceptors (Lipinski definition) is 6. The predicted octanol–water partition coefficient (Wildman–Crippen LogP) is 7.04. The normalized spacial score (nSPS) is 23.0. The van der Waals surface area contributed by atoms with Crippen LogP contribution in [0.1, 0.15) is 52.4 Å². The molecule has 4 heterocycles. The highest BCUT2D eigenvalue weighted by Crippen LogP contribution is 2.40. The van der Waals surface area contributed by atoms with E-state index >= 15 is 0 Å². The third-order valence-corrected chi connectivity index (χ3v) is 9.61. The average Bonchev–Trinajstić information content (AvgIpc) is 3.49. The summed E-state index contributed by atoms with van der Waals surface area (Å²) in [6, 6.07) is 18.8. The van der Waals surface area contributed by atoms with Gasteiger partial charge in [0.25, 0.3) is 0 Å². The van der Waals surface area contributed by atoms with Gasteiger partial charge in [0.1, 0.15) is 18.2 Å². The van der Waals surface area contributed by atoms with Crippen LogP contribution in [0, 0.1) is 11.8 Å². The number of anilines is 1. The van der Waals surface area contributed by atoms with Crippen LogP contribution in [0.2, 0.25) is 0 Å². The smallest absolute Gasteiger partial charge is 0.319 e. The van der Waals surface area contributed by atoms with E-state index in [9.17, 15) is 5.11 Å². The Morgan fingerprint density at radius 2 is 1.65 bits per heavy atom. The lowest BCUT2D eigenvalue weighted by atomic mass is 9.95. The zero-order valence-corrected chi connectivity index (χ0v) is 23.8. The molecule has 208 valence electrons. The largest absolute Gasteiger partial charge is 0.508 e. The van der Waals surface area contributed by atoms with Gasteiger partial charge in [0.15, 0.2) is 0 Å². The van der Waals surface area contributed by atoms with Crippen molar-refractivity contribution in [2.45, 2.75) is 57.9 Å². The lowest BCUT2D eigenvalue weighted by Gasteiger charge is -2.31. The highest BCUT2D eigenvalue weighted by atomic mass is 16.5. The summed E-state index contributed by atoms with van der Waals surface area (Å²) in [7, 11) is 0. The van der Waals surface area contributed by atoms with Gasteiger partial charge in [-0.15, -0.1) is 0 Å². The zero-order chi connectivity index (χ0) is 27.3. The Labute approximate surface area is 237 Å². The fourth-order valence-corrected chi connectivity index (χ4v) is 7.51. The van der Waals surface area contributed by atoms with Gasteiger partial charge >= 0.3 is 6.01 Å². The third kappa shape index (κ3) is 4.66. The number of aromatic hydroxyl groups is 1. The molecule has 40 heavy (non-hydrogen) atoms. The number of rotatable bonds is 5. The summed E-state index contributed by atoms with van der Waals surface area (Å²) in [6.07, 6.45) is 7.39. The van der Waals surface area contributed by atoms with Crippen molar-refractivity contribution in [1.82, 2.24) is 14.9 Å². The SMILES string of the molecule is CC1CCC(C)CN(c2nc(OCC34CCCN3CCC4)nc3cc(-c4cc(O)cc5ccccc45)ccc23)C1. The van der Waals surface area contributed by atoms with Crippen LogP contribution < -0.4 is 9.64 Å². The van der Waals surface area contributed by atoms with Crippen molar-refractivity contribution >= 4 is 27.5 Å². The second-order valence-electron chi connectivity index (χ2n) is 12.7. The number of hydrogen-bond donors (Lipinski definition) is 1. The van der Waals surface area contributed by atoms with Crippen LogP contribution in [0.3, 0.4) is 0 Å². The lowest BCUT2D eigenvalue weighted by Crippen LogP contribution is -2.43. The molecule has 7 rings (SSSR count). The van der Waals surface area contributed by atoms with E-state index in [-0.39, 0.29) is 11.3 Å². The molecule has 0 aliphatic carbocycles. The van der Waals surface area contributed by atoms with Crippen molar-refractivity contribution in [3.63, 3.8) is 0 Å². The van der Waals surface area contributed by atoms with Crippen molar-refractivity contribution in [3.8, 4) is 22.9 Å². The first-order valence-corrected chi connectivity index (χ1v) is 15.1. The Kier molecular flexibility index (Phi) is 6.54. The molecule has 0 saturated carbocycles. The van der Waals surface area contributed by atoms with Gasteiger partial charge in [-0.1, -0.05) is 44.2 Å². The fraction of sp³-hybridized carbons (Fsp3) is 0.471. The number of phenols is 1. The topological polar surface area (TPSA) is 61.7 Å². The van der Waals surface area contributed by atoms with Gasteiger partial charge in [0, 0.05) is 18.5 Å². The fourth-order valence-electron chi connectivity index (χ4n) is 7.51. The quantitative estimate of drug-likeness (QED) is 0.295. The van der Waals surface area contributed by atoms with E-state index in [2.05, 4.69) is 47.9 Å². The maximum Gasteiger partial charge on any atom is 0.319 e. The van der Waals surface area contributed by atoms with Crippen LogP contribution in [-0.4, -0.2) is 58.3 Å². The van der Waals surface area contributed by atoms with Crippen molar-refractivity contribution in [3.05, 3.63) is 54.6 Å². The zero-order valence-electron chi connectivity index (χ0n) is 23.8. The highest BCUT2D eigenvalue weighted by molar-refractivity contribution is 6.00. The Balaban J connectivity index is 1.33. The first-order valence-electron chi connectivity index (χ1n) is 15.1. The van der Waals surface area contributed by atoms with Gasteiger partial charge < -0.3 is 14.7 Å². The van der Waals surface area contributed by atoms with Gasteiger partial charge in [-0.3, -0.25) is 4.90 Å². The number of ether oxygens (including phenoxy) is 1. The Bertz CT molecular complexity index is 1530. The lowest BCUT2D eigenvalue weighted by molar-refractivity contribution is 0.108. The molecule has 3 aromatic carbocycles. The number of fused-ring (bicyclic) bond motifs is 3. The van der Waals surface area contributed by atoms with Crippen molar-refractivity contribution in [1.29, 1.82) is 0 Å². The van der Waals surface area contributed by atoms with Crippen molar-refractivity contribution in [2.24, 2.45) is 11.8 Å². The average molecular weight is 537 g/mol. The van der Waals surface area contributed by atoms with Crippen LogP contribution in [0.4, 0.5) is 5.82 Å². The summed E-state index contributed by atoms with van der Waals surface area (Å²) in [4.78, 5) is 15.2. The molecule has 2 atom stereocenters. The van der Waals surface area contributed by atoms with Gasteiger partial charge in [-0.25, -0.2) is 0 Å². The first kappa shape index (κ1) is 25.6. The molecular weight excluding hydrogens is 496 g/mol. The minimum atomic E-state index is 0.145. The molecule has 1 N–H and O–H groups in total. The number of nitrogens with zero attached hydrogens (tertiary/aromatic N) is 4. The summed E-state index contributed by atoms with van der Waals surface area (Å²) < 4.78 is 6.52. The molecular formula is C34H40N4O2. The Hall–Kier alpha value is -3.38. The third-order valence-electron chi connectivity index (χ3n) is 9.61. The van der Waals surface area contributed by atoms with Gasteiger partial charge in [0.05, 0.1) is 11.1 Å². The monoisotopic (exact) mass is 536 g/mol. The molecule has 3 saturated heterocycles. The predicted molar refractivity (Wildman–Crippen MR) is 162 cm³/mol. The van der Waals surface area contributed by atoms with Crippen LogP contribution in [0.5, 0.6) is 11.8 Å². The molecule has 0 spiro atoms. The van der Waals surface area contributed by atoms with Crippen LogP contribution in [0.15, 0.2) is 54.6 Å². The van der Waals surface area contributed by atoms with E-state index in [1.165, 1.54) is 51.6 Å². The molecule has 2 unspecified atom stereocenters. The van der Waals surface area contributed by atoms with E-state index in [0.29, 0.717) is 24.5 Å². The molecule has 3 aliphatic rings. The number of aromatic nitrogens is 2. The number of benzene rings is 3. The number of phenolic OH excluding ortho intramolecular Hbond substituents is 1. The summed E-state index contributed by atoms with van der Waals surface area (Å²) >= 11 is 0. The Morgan fingerprint density at radius 3 is 2.42 bits per heavy atom. The van der Waals surface area contributed by atoms with E-state index < -0.39 is 0 Å². The second kappa shape index (κ2) is 10.2. The van der Waals surface area contributed by atoms with E-state index in [1.54, 1.807) is 0 Å². The van der Waals surface area contributed by atoms with E-state index in [1.807, 2.05) is 30.3 Å². The van der Waals surface area contributed by atoms with E-state index in [0.717, 1.165) is 51.7 Å². The summed E-state index contributed by atoms with van der Waals surface area (Å²) in [5.41, 5.74) is 3.07. The van der Waals surface area contributed by atoms with Gasteiger partial charge in [0.2, 0.25) is 0 Å². The van der Waals surface area contributed by atoms with E-state index in [4.69, 9.17) is 14.7 Å². The van der Waals surface area contributed by atoms with Crippen molar-refractivity contribution in [2.75, 3.05) is 37.7 Å². The minimum Gasteiger partial charge on any atom is -0.508 e. The van der Waals surface area contributed by atoms with Gasteiger partial charge in [-0.2, -0.15) is 9.97 Å². The molecule has 3 aliphatic heterocycles. The highest BCUT2D eigenvalue weighted by Gasteiger charge is 2.45. The van der Waals surface area contributed by atoms with Gasteiger partial charge in [-0.05, 0) is 110 Å². The summed E-state index contributed by atoms with van der Waals surface area (Å²) in [5, 5.41) is 13.7. The summed E-state index contributed by atoms with van der Waals surface area (Å²) in [5.74, 6) is 2.48. The molecule has 6 heteroatoms. The summed E-state index contributed by atoms with van der Waals surface area (Å²) in [6.45, 7) is 9.70. The van der Waals surface area contributed by atoms with Crippen LogP contribution in [0.25, 0.3) is 32.8 Å². The van der Waals surface area contributed by atoms with Crippen LogP contribution in [-0.2, 0) is 0 Å². The second-order valence-corrected chi connectivity index (χ2v) is 12.7. The molecule has 6 nitrogen and oxygen atoms in total. The van der Waals surface area contributed by atoms with Crippen molar-refractivity contribution < 1.29 is 9.84 Å². The molecule has 0 radical (unpaired) electrons. The maximum atomic E-state index is 10.5. The molecule has 0 amide bonds. The van der Waals surface area contributed by atoms with Crippen LogP contribution >= 0.6 is 0 Å². The molecule has 4 aromatic rings. The molecule has 3 fully saturated rings. The maximum absolute atomic E-state index is 10.5. The minimum absolute atomic E-state index is 0.145. The molecule has 1 aromatic heterocycles. The Morgan fingerprint density at radius 1 is 0.900 bits per heavy atom. The standard InChI is InChI=1S/C34H40N4O2/c1-23-9-10-24(2)21-37(20-23)32-29-12-11-26(30-19-27(39)17-25-7-3-4-8-28(25)30)18-31(29)35-33(36-32)40-22-34-13-5-15-38(34)16-6-14-34/h3-4,7-8,11-12,17-19,23-24,39H,5-6,9-10,13-16,20-22H2,1-2H3. The first-order chi connectivity index (χ1) is 19.5.